The Bertz CT molecular complexity index is 1390. The van der Waals surface area contributed by atoms with Crippen LogP contribution in [0.3, 0.4) is 0 Å². The van der Waals surface area contributed by atoms with Crippen molar-refractivity contribution in [1.82, 2.24) is 10.2 Å². The van der Waals surface area contributed by atoms with Crippen LogP contribution in [0.2, 0.25) is 0 Å². The first-order valence-corrected chi connectivity index (χ1v) is 16.7. The van der Waals surface area contributed by atoms with Crippen LogP contribution in [0.15, 0.2) is 24.3 Å². The van der Waals surface area contributed by atoms with Crippen molar-refractivity contribution in [1.29, 1.82) is 0 Å². The summed E-state index contributed by atoms with van der Waals surface area (Å²) in [5, 5.41) is 2.78. The molecule has 0 spiro atoms. The van der Waals surface area contributed by atoms with Crippen LogP contribution in [0.25, 0.3) is 0 Å². The minimum absolute atomic E-state index is 0.200. The summed E-state index contributed by atoms with van der Waals surface area (Å²) >= 11 is 0. The summed E-state index contributed by atoms with van der Waals surface area (Å²) < 4.78 is 72.9. The summed E-state index contributed by atoms with van der Waals surface area (Å²) in [5.74, 6) is -2.02. The number of alkyl halides is 2. The molecule has 50 heavy (non-hydrogen) atoms. The van der Waals surface area contributed by atoms with Crippen LogP contribution >= 0.6 is 0 Å². The quantitative estimate of drug-likeness (QED) is 0.149. The summed E-state index contributed by atoms with van der Waals surface area (Å²) in [6.45, 7) is 6.46. The van der Waals surface area contributed by atoms with Crippen LogP contribution in [0, 0.1) is 0 Å². The molecule has 1 N–H and O–H groups in total. The number of carbonyl (C=O) groups excluding carboxylic acids is 2. The van der Waals surface area contributed by atoms with E-state index in [4.69, 9.17) is 37.9 Å². The second-order valence-electron chi connectivity index (χ2n) is 12.9. The molecule has 0 saturated carbocycles. The van der Waals surface area contributed by atoms with Crippen LogP contribution in [-0.2, 0) is 9.47 Å². The zero-order valence-corrected chi connectivity index (χ0v) is 30.5. The number of rotatable bonds is 18. The fourth-order valence-electron chi connectivity index (χ4n) is 5.53. The lowest BCUT2D eigenvalue weighted by atomic mass is 10.1. The topological polar surface area (TPSA) is 123 Å². The van der Waals surface area contributed by atoms with Crippen molar-refractivity contribution in [2.24, 2.45) is 0 Å². The van der Waals surface area contributed by atoms with Gasteiger partial charge in [0.2, 0.25) is 11.5 Å². The SMILES string of the molecule is COc1cc(C(=O)OC(CCCCN2CCNCC(F)(F)C2)CCCOc2cc(C(=O)OC(C)(C)C)cc(OC)c2OC)cc(OC)c1OC. The summed E-state index contributed by atoms with van der Waals surface area (Å²) in [7, 11) is 7.32. The first-order valence-electron chi connectivity index (χ1n) is 16.7. The first kappa shape index (κ1) is 40.4. The third-order valence-corrected chi connectivity index (χ3v) is 7.88. The third-order valence-electron chi connectivity index (χ3n) is 7.88. The lowest BCUT2D eigenvalue weighted by molar-refractivity contribution is -0.0190. The second kappa shape index (κ2) is 18.8. The van der Waals surface area contributed by atoms with Gasteiger partial charge in [0.05, 0.1) is 66.4 Å². The Hall–Kier alpha value is -4.04. The number of methoxy groups -OCH3 is 5. The molecule has 1 fully saturated rings. The van der Waals surface area contributed by atoms with Gasteiger partial charge in [-0.05, 0) is 83.7 Å². The maximum atomic E-state index is 14.1. The molecule has 3 rings (SSSR count). The van der Waals surface area contributed by atoms with Crippen LogP contribution < -0.4 is 33.7 Å². The van der Waals surface area contributed by atoms with Crippen molar-refractivity contribution in [3.63, 3.8) is 0 Å². The summed E-state index contributed by atoms with van der Waals surface area (Å²) in [6, 6.07) is 6.12. The van der Waals surface area contributed by atoms with Crippen molar-refractivity contribution in [3.8, 4) is 34.5 Å². The van der Waals surface area contributed by atoms with Crippen LogP contribution in [-0.4, -0.2) is 109 Å². The van der Waals surface area contributed by atoms with Crippen molar-refractivity contribution in [2.75, 3.05) is 74.9 Å². The van der Waals surface area contributed by atoms with Gasteiger partial charge in [-0.25, -0.2) is 18.4 Å². The average molecular weight is 711 g/mol. The van der Waals surface area contributed by atoms with Gasteiger partial charge in [-0.15, -0.1) is 0 Å². The van der Waals surface area contributed by atoms with Crippen molar-refractivity contribution in [3.05, 3.63) is 35.4 Å². The zero-order valence-electron chi connectivity index (χ0n) is 30.5. The van der Waals surface area contributed by atoms with E-state index in [-0.39, 0.29) is 30.8 Å². The van der Waals surface area contributed by atoms with Crippen LogP contribution in [0.1, 0.15) is 73.6 Å². The molecule has 14 heteroatoms. The molecule has 0 amide bonds. The molecular formula is C36H52F2N2O10. The number of nitrogens with zero attached hydrogens (tertiary/aromatic N) is 1. The number of hydrogen-bond donors (Lipinski definition) is 1. The van der Waals surface area contributed by atoms with Crippen molar-refractivity contribution in [2.45, 2.75) is 70.5 Å². The number of halogens is 2. The minimum Gasteiger partial charge on any atom is -0.493 e. The Kier molecular flexibility index (Phi) is 15.2. The van der Waals surface area contributed by atoms with E-state index < -0.39 is 29.6 Å². The van der Waals surface area contributed by atoms with Crippen LogP contribution in [0.4, 0.5) is 8.78 Å². The Morgan fingerprint density at radius 2 is 1.34 bits per heavy atom. The Morgan fingerprint density at radius 3 is 1.90 bits per heavy atom. The Labute approximate surface area is 293 Å². The van der Waals surface area contributed by atoms with E-state index in [9.17, 15) is 18.4 Å². The molecule has 12 nitrogen and oxygen atoms in total. The third kappa shape index (κ3) is 12.1. The van der Waals surface area contributed by atoms with Gasteiger partial charge in [-0.2, -0.15) is 0 Å². The molecule has 1 aliphatic heterocycles. The molecule has 1 atom stereocenters. The number of benzene rings is 2. The highest BCUT2D eigenvalue weighted by Gasteiger charge is 2.33. The summed E-state index contributed by atoms with van der Waals surface area (Å²) in [6.07, 6.45) is 2.20. The fourth-order valence-corrected chi connectivity index (χ4v) is 5.53. The van der Waals surface area contributed by atoms with Gasteiger partial charge in [-0.3, -0.25) is 4.90 Å². The number of esters is 2. The molecule has 1 heterocycles. The fraction of sp³-hybridized carbons (Fsp3) is 0.611. The van der Waals surface area contributed by atoms with Gasteiger partial charge in [0.15, 0.2) is 23.0 Å². The van der Waals surface area contributed by atoms with Crippen LogP contribution in [0.5, 0.6) is 34.5 Å². The van der Waals surface area contributed by atoms with Crippen molar-refractivity contribution >= 4 is 11.9 Å². The lowest BCUT2D eigenvalue weighted by Crippen LogP contribution is -2.38. The standard InChI is InChI=1S/C36H52F2N2O10/c1-35(2,3)50-34(42)25-20-29(45-6)32(47-8)30(21-25)48-17-11-13-26(12-9-10-15-40-16-14-39-22-36(37,38)23-40)49-33(41)24-18-27(43-4)31(46-7)28(19-24)44-5/h18-21,26,39H,9-17,22-23H2,1-8H3. The van der Waals surface area contributed by atoms with Gasteiger partial charge < -0.3 is 43.2 Å². The zero-order chi connectivity index (χ0) is 36.9. The first-order chi connectivity index (χ1) is 23.7. The molecule has 0 radical (unpaired) electrons. The van der Waals surface area contributed by atoms with Gasteiger partial charge in [0, 0.05) is 13.1 Å². The molecule has 280 valence electrons. The lowest BCUT2D eigenvalue weighted by Gasteiger charge is -2.24. The number of carbonyl (C=O) groups is 2. The van der Waals surface area contributed by atoms with E-state index in [2.05, 4.69) is 5.32 Å². The molecule has 1 saturated heterocycles. The van der Waals surface area contributed by atoms with Gasteiger partial charge in [0.1, 0.15) is 11.7 Å². The summed E-state index contributed by atoms with van der Waals surface area (Å²) in [5.41, 5.74) is -0.242. The largest absolute Gasteiger partial charge is 0.493 e. The number of nitrogens with one attached hydrogen (secondary N) is 1. The highest BCUT2D eigenvalue weighted by molar-refractivity contribution is 5.92. The minimum atomic E-state index is -2.78. The molecule has 2 aromatic carbocycles. The predicted octanol–water partition coefficient (Wildman–Crippen LogP) is 5.78. The number of hydrogen-bond acceptors (Lipinski definition) is 12. The molecule has 0 bridgehead atoms. The summed E-state index contributed by atoms with van der Waals surface area (Å²) in [4.78, 5) is 28.0. The second-order valence-corrected chi connectivity index (χ2v) is 12.9. The molecule has 0 aromatic heterocycles. The Balaban J connectivity index is 1.72. The van der Waals surface area contributed by atoms with E-state index >= 15 is 0 Å². The van der Waals surface area contributed by atoms with E-state index in [1.807, 2.05) is 0 Å². The van der Waals surface area contributed by atoms with Crippen molar-refractivity contribution < 1.29 is 56.3 Å². The van der Waals surface area contributed by atoms with Gasteiger partial charge >= 0.3 is 11.9 Å². The average Bonchev–Trinajstić information content (AvgIpc) is 3.25. The highest BCUT2D eigenvalue weighted by Crippen LogP contribution is 2.40. The van der Waals surface area contributed by atoms with E-state index in [1.165, 1.54) is 53.7 Å². The van der Waals surface area contributed by atoms with E-state index in [0.29, 0.717) is 86.2 Å². The Morgan fingerprint density at radius 1 is 0.800 bits per heavy atom. The maximum Gasteiger partial charge on any atom is 0.338 e. The molecule has 0 aliphatic carbocycles. The molecule has 1 unspecified atom stereocenters. The maximum absolute atomic E-state index is 14.1. The van der Waals surface area contributed by atoms with E-state index in [1.54, 1.807) is 31.7 Å². The van der Waals surface area contributed by atoms with E-state index in [0.717, 1.165) is 0 Å². The van der Waals surface area contributed by atoms with Gasteiger partial charge in [-0.1, -0.05) is 0 Å². The predicted molar refractivity (Wildman–Crippen MR) is 183 cm³/mol. The molecule has 1 aliphatic rings. The monoisotopic (exact) mass is 710 g/mol. The highest BCUT2D eigenvalue weighted by atomic mass is 19.3. The molecular weight excluding hydrogens is 658 g/mol. The normalized spacial score (nSPS) is 15.3. The molecule has 2 aromatic rings. The van der Waals surface area contributed by atoms with Gasteiger partial charge in [0.25, 0.3) is 5.92 Å². The smallest absolute Gasteiger partial charge is 0.338 e. The number of unbranched alkanes of at least 4 members (excludes halogenated alkanes) is 1. The number of ether oxygens (including phenoxy) is 8.